The molecule has 35 heavy (non-hydrogen) atoms. The Kier molecular flexibility index (Phi) is 5.26. The van der Waals surface area contributed by atoms with E-state index in [-0.39, 0.29) is 11.7 Å². The highest BCUT2D eigenvalue weighted by molar-refractivity contribution is 6.07. The maximum Gasteiger partial charge on any atom is 0.259 e. The standard InChI is InChI=1S/C26H23FN6O2/c1-17-24-21(14-22(29-25(24)35-30-17)18-5-7-19(27)8-6-18)26(34)32-12-10-31(11-13-32)15-20-16-33-9-3-2-4-23(33)28-20/h2-9,14,16H,10-13,15H2,1H3. The van der Waals surface area contributed by atoms with Gasteiger partial charge in [0.1, 0.15) is 11.5 Å². The summed E-state index contributed by atoms with van der Waals surface area (Å²) in [5.74, 6) is -0.414. The number of hydrogen-bond acceptors (Lipinski definition) is 6. The van der Waals surface area contributed by atoms with Crippen molar-refractivity contribution in [2.75, 3.05) is 26.2 Å². The van der Waals surface area contributed by atoms with Gasteiger partial charge in [-0.25, -0.2) is 14.4 Å². The maximum atomic E-state index is 13.6. The van der Waals surface area contributed by atoms with Crippen LogP contribution in [0.25, 0.3) is 28.0 Å². The zero-order valence-corrected chi connectivity index (χ0v) is 19.2. The number of nitrogens with zero attached hydrogens (tertiary/aromatic N) is 6. The van der Waals surface area contributed by atoms with Crippen LogP contribution in [0.15, 0.2) is 65.4 Å². The fourth-order valence-corrected chi connectivity index (χ4v) is 4.60. The molecule has 1 aliphatic heterocycles. The molecule has 1 fully saturated rings. The summed E-state index contributed by atoms with van der Waals surface area (Å²) in [6, 6.07) is 13.7. The second-order valence-electron chi connectivity index (χ2n) is 8.78. The summed E-state index contributed by atoms with van der Waals surface area (Å²) in [4.78, 5) is 27.0. The summed E-state index contributed by atoms with van der Waals surface area (Å²) in [6.45, 7) is 5.25. The van der Waals surface area contributed by atoms with Gasteiger partial charge in [0.15, 0.2) is 0 Å². The Morgan fingerprint density at radius 3 is 2.63 bits per heavy atom. The molecule has 5 aromatic rings. The molecule has 0 aliphatic carbocycles. The van der Waals surface area contributed by atoms with Gasteiger partial charge < -0.3 is 13.8 Å². The Hall–Kier alpha value is -4.11. The minimum Gasteiger partial charge on any atom is -0.336 e. The van der Waals surface area contributed by atoms with Gasteiger partial charge in [0.2, 0.25) is 0 Å². The molecule has 5 heterocycles. The van der Waals surface area contributed by atoms with Crippen molar-refractivity contribution in [2.24, 2.45) is 0 Å². The summed E-state index contributed by atoms with van der Waals surface area (Å²) in [5, 5.41) is 4.64. The highest BCUT2D eigenvalue weighted by atomic mass is 19.1. The van der Waals surface area contributed by atoms with E-state index in [4.69, 9.17) is 4.52 Å². The van der Waals surface area contributed by atoms with Crippen LogP contribution >= 0.6 is 0 Å². The Bertz CT molecular complexity index is 1500. The molecule has 0 saturated carbocycles. The number of benzene rings is 1. The number of hydrogen-bond donors (Lipinski definition) is 0. The van der Waals surface area contributed by atoms with Gasteiger partial charge >= 0.3 is 0 Å². The third-order valence-electron chi connectivity index (χ3n) is 6.45. The topological polar surface area (TPSA) is 79.8 Å². The molecular weight excluding hydrogens is 447 g/mol. The number of halogens is 1. The molecule has 0 bridgehead atoms. The molecule has 6 rings (SSSR count). The molecule has 8 nitrogen and oxygen atoms in total. The first-order valence-corrected chi connectivity index (χ1v) is 11.5. The van der Waals surface area contributed by atoms with E-state index >= 15 is 0 Å². The van der Waals surface area contributed by atoms with E-state index in [2.05, 4.69) is 20.0 Å². The molecule has 0 spiro atoms. The van der Waals surface area contributed by atoms with E-state index in [9.17, 15) is 9.18 Å². The van der Waals surface area contributed by atoms with Gasteiger partial charge in [-0.05, 0) is 49.4 Å². The zero-order valence-electron chi connectivity index (χ0n) is 19.2. The van der Waals surface area contributed by atoms with Gasteiger partial charge in [0, 0.05) is 50.7 Å². The lowest BCUT2D eigenvalue weighted by atomic mass is 10.0. The first-order valence-electron chi connectivity index (χ1n) is 11.5. The van der Waals surface area contributed by atoms with Gasteiger partial charge in [-0.15, -0.1) is 0 Å². The predicted molar refractivity (Wildman–Crippen MR) is 128 cm³/mol. The highest BCUT2D eigenvalue weighted by Crippen LogP contribution is 2.28. The number of aryl methyl sites for hydroxylation is 1. The third kappa shape index (κ3) is 4.04. The van der Waals surface area contributed by atoms with Crippen LogP contribution in [0.5, 0.6) is 0 Å². The average Bonchev–Trinajstić information content (AvgIpc) is 3.46. The fourth-order valence-electron chi connectivity index (χ4n) is 4.60. The van der Waals surface area contributed by atoms with Crippen LogP contribution in [0.3, 0.4) is 0 Å². The minimum atomic E-state index is -0.330. The van der Waals surface area contributed by atoms with Crippen LogP contribution in [0, 0.1) is 12.7 Å². The van der Waals surface area contributed by atoms with Crippen molar-refractivity contribution < 1.29 is 13.7 Å². The molecule has 1 aromatic carbocycles. The predicted octanol–water partition coefficient (Wildman–Crippen LogP) is 3.94. The van der Waals surface area contributed by atoms with Crippen molar-refractivity contribution in [2.45, 2.75) is 13.5 Å². The van der Waals surface area contributed by atoms with Crippen molar-refractivity contribution in [1.29, 1.82) is 0 Å². The highest BCUT2D eigenvalue weighted by Gasteiger charge is 2.27. The molecule has 0 N–H and O–H groups in total. The second-order valence-corrected chi connectivity index (χ2v) is 8.78. The number of piperazine rings is 1. The number of pyridine rings is 2. The normalized spacial score (nSPS) is 14.7. The molecule has 4 aromatic heterocycles. The largest absolute Gasteiger partial charge is 0.336 e. The van der Waals surface area contributed by atoms with Crippen molar-refractivity contribution in [3.63, 3.8) is 0 Å². The van der Waals surface area contributed by atoms with Crippen molar-refractivity contribution >= 4 is 22.7 Å². The van der Waals surface area contributed by atoms with Crippen LogP contribution in [-0.2, 0) is 6.54 Å². The Morgan fingerprint density at radius 1 is 1.06 bits per heavy atom. The van der Waals surface area contributed by atoms with E-state index in [1.807, 2.05) is 39.9 Å². The molecule has 0 atom stereocenters. The summed E-state index contributed by atoms with van der Waals surface area (Å²) < 4.78 is 20.8. The summed E-state index contributed by atoms with van der Waals surface area (Å²) >= 11 is 0. The number of carbonyl (C=O) groups is 1. The fraction of sp³-hybridized carbons (Fsp3) is 0.231. The molecule has 176 valence electrons. The smallest absolute Gasteiger partial charge is 0.259 e. The van der Waals surface area contributed by atoms with Crippen LogP contribution in [0.2, 0.25) is 0 Å². The van der Waals surface area contributed by atoms with E-state index in [0.29, 0.717) is 46.7 Å². The zero-order chi connectivity index (χ0) is 23.9. The van der Waals surface area contributed by atoms with E-state index in [0.717, 1.165) is 31.0 Å². The average molecular weight is 471 g/mol. The quantitative estimate of drug-likeness (QED) is 0.396. The van der Waals surface area contributed by atoms with Gasteiger partial charge in [0.25, 0.3) is 11.6 Å². The lowest BCUT2D eigenvalue weighted by Crippen LogP contribution is -2.48. The van der Waals surface area contributed by atoms with Gasteiger partial charge in [0.05, 0.1) is 28.0 Å². The van der Waals surface area contributed by atoms with Crippen LogP contribution in [0.1, 0.15) is 21.7 Å². The second kappa shape index (κ2) is 8.59. The molecule has 1 saturated heterocycles. The first kappa shape index (κ1) is 21.4. The Balaban J connectivity index is 1.22. The lowest BCUT2D eigenvalue weighted by molar-refractivity contribution is 0.0629. The molecule has 1 aliphatic rings. The monoisotopic (exact) mass is 470 g/mol. The minimum absolute atomic E-state index is 0.0839. The number of imidazole rings is 1. The number of fused-ring (bicyclic) bond motifs is 2. The summed E-state index contributed by atoms with van der Waals surface area (Å²) in [7, 11) is 0. The van der Waals surface area contributed by atoms with Crippen LogP contribution < -0.4 is 0 Å². The Labute approximate surface area is 200 Å². The molecule has 0 unspecified atom stereocenters. The van der Waals surface area contributed by atoms with Crippen LogP contribution in [-0.4, -0.2) is 61.4 Å². The SMILES string of the molecule is Cc1noc2nc(-c3ccc(F)cc3)cc(C(=O)N3CCN(Cc4cn5ccccc5n4)CC3)c12. The van der Waals surface area contributed by atoms with Gasteiger partial charge in [-0.2, -0.15) is 0 Å². The van der Waals surface area contributed by atoms with Crippen molar-refractivity contribution in [1.82, 2.24) is 29.3 Å². The first-order chi connectivity index (χ1) is 17.0. The molecular formula is C26H23FN6O2. The number of aromatic nitrogens is 4. The van der Waals surface area contributed by atoms with Gasteiger partial charge in [-0.1, -0.05) is 11.2 Å². The van der Waals surface area contributed by atoms with Gasteiger partial charge in [-0.3, -0.25) is 9.69 Å². The number of carbonyl (C=O) groups excluding carboxylic acids is 1. The molecule has 9 heteroatoms. The van der Waals surface area contributed by atoms with E-state index in [1.54, 1.807) is 25.1 Å². The molecule has 1 amide bonds. The van der Waals surface area contributed by atoms with Crippen LogP contribution in [0.4, 0.5) is 4.39 Å². The summed E-state index contributed by atoms with van der Waals surface area (Å²) in [6.07, 6.45) is 4.04. The Morgan fingerprint density at radius 2 is 1.86 bits per heavy atom. The maximum absolute atomic E-state index is 13.6. The molecule has 0 radical (unpaired) electrons. The van der Waals surface area contributed by atoms with E-state index in [1.165, 1.54) is 12.1 Å². The van der Waals surface area contributed by atoms with E-state index < -0.39 is 0 Å². The number of amides is 1. The van der Waals surface area contributed by atoms with Crippen molar-refractivity contribution in [3.8, 4) is 11.3 Å². The summed E-state index contributed by atoms with van der Waals surface area (Å²) in [5.41, 5.74) is 4.61. The number of rotatable bonds is 4. The third-order valence-corrected chi connectivity index (χ3v) is 6.45. The van der Waals surface area contributed by atoms with Crippen molar-refractivity contribution in [3.05, 3.63) is 83.7 Å². The lowest BCUT2D eigenvalue weighted by Gasteiger charge is -2.34.